The fourth-order valence-corrected chi connectivity index (χ4v) is 2.03. The zero-order chi connectivity index (χ0) is 15.9. The minimum absolute atomic E-state index is 0.0517. The van der Waals surface area contributed by atoms with Gasteiger partial charge in [0.25, 0.3) is 5.91 Å². The van der Waals surface area contributed by atoms with E-state index in [1.54, 1.807) is 6.07 Å². The lowest BCUT2D eigenvalue weighted by molar-refractivity contribution is -0.191. The molecule has 1 heterocycles. The molecule has 0 spiro atoms. The summed E-state index contributed by atoms with van der Waals surface area (Å²) in [4.78, 5) is 27.6. The first-order chi connectivity index (χ1) is 9.95. The van der Waals surface area contributed by atoms with Crippen molar-refractivity contribution in [1.29, 1.82) is 0 Å². The van der Waals surface area contributed by atoms with Crippen LogP contribution in [-0.4, -0.2) is 37.9 Å². The standard InChI is InChI=1S/C13H17FN2O2.CO2/c1-13(5-6-18-8-13)16-9-3-4-10(11(14)7-9)12(17)15-2;2-1-3/h3-4,7,16H,5-6,8H2,1-2H3,(H,15,17);/t13-;/m1./s1. The highest BCUT2D eigenvalue weighted by atomic mass is 19.1. The largest absolute Gasteiger partial charge is 0.379 e. The number of halogens is 1. The van der Waals surface area contributed by atoms with Crippen LogP contribution in [0, 0.1) is 5.82 Å². The molecular weight excluding hydrogens is 279 g/mol. The van der Waals surface area contributed by atoms with Gasteiger partial charge in [0.15, 0.2) is 0 Å². The van der Waals surface area contributed by atoms with Crippen molar-refractivity contribution in [2.24, 2.45) is 0 Å². The van der Waals surface area contributed by atoms with E-state index in [4.69, 9.17) is 14.3 Å². The number of anilines is 1. The van der Waals surface area contributed by atoms with Crippen LogP contribution in [0.15, 0.2) is 18.2 Å². The molecule has 1 atom stereocenters. The average Bonchev–Trinajstić information content (AvgIpc) is 2.85. The Balaban J connectivity index is 0.000000677. The second-order valence-corrected chi connectivity index (χ2v) is 4.85. The summed E-state index contributed by atoms with van der Waals surface area (Å²) in [6, 6.07) is 4.53. The molecule has 0 radical (unpaired) electrons. The van der Waals surface area contributed by atoms with Crippen molar-refractivity contribution < 1.29 is 23.5 Å². The highest BCUT2D eigenvalue weighted by molar-refractivity contribution is 5.94. The van der Waals surface area contributed by atoms with Crippen LogP contribution < -0.4 is 10.6 Å². The van der Waals surface area contributed by atoms with Crippen molar-refractivity contribution in [3.8, 4) is 0 Å². The van der Waals surface area contributed by atoms with Gasteiger partial charge in [-0.1, -0.05) is 0 Å². The summed E-state index contributed by atoms with van der Waals surface area (Å²) in [6.45, 7) is 3.35. The second-order valence-electron chi connectivity index (χ2n) is 4.85. The van der Waals surface area contributed by atoms with Crippen LogP contribution in [0.2, 0.25) is 0 Å². The zero-order valence-corrected chi connectivity index (χ0v) is 11.9. The first-order valence-electron chi connectivity index (χ1n) is 6.32. The number of ether oxygens (including phenoxy) is 1. The number of amides is 1. The summed E-state index contributed by atoms with van der Waals surface area (Å²) in [5, 5.41) is 5.65. The monoisotopic (exact) mass is 296 g/mol. The maximum atomic E-state index is 13.8. The van der Waals surface area contributed by atoms with Gasteiger partial charge in [0.1, 0.15) is 5.82 Å². The van der Waals surface area contributed by atoms with Gasteiger partial charge in [0.2, 0.25) is 0 Å². The molecule has 0 aromatic heterocycles. The average molecular weight is 296 g/mol. The third-order valence-corrected chi connectivity index (χ3v) is 3.11. The Morgan fingerprint density at radius 3 is 2.57 bits per heavy atom. The predicted molar refractivity (Wildman–Crippen MR) is 72.3 cm³/mol. The number of carbonyl (C=O) groups excluding carboxylic acids is 3. The molecule has 1 aliphatic heterocycles. The highest BCUT2D eigenvalue weighted by Gasteiger charge is 2.29. The van der Waals surface area contributed by atoms with Gasteiger partial charge >= 0.3 is 6.15 Å². The van der Waals surface area contributed by atoms with Gasteiger partial charge in [-0.15, -0.1) is 0 Å². The van der Waals surface area contributed by atoms with Crippen molar-refractivity contribution in [2.45, 2.75) is 18.9 Å². The molecular formula is C14H17FN2O4. The summed E-state index contributed by atoms with van der Waals surface area (Å²) in [5.41, 5.74) is 0.546. The van der Waals surface area contributed by atoms with E-state index in [1.807, 2.05) is 6.92 Å². The van der Waals surface area contributed by atoms with E-state index < -0.39 is 11.7 Å². The highest BCUT2D eigenvalue weighted by Crippen LogP contribution is 2.24. The molecule has 1 aromatic rings. The molecule has 6 nitrogen and oxygen atoms in total. The predicted octanol–water partition coefficient (Wildman–Crippen LogP) is 1.19. The van der Waals surface area contributed by atoms with E-state index in [2.05, 4.69) is 10.6 Å². The quantitative estimate of drug-likeness (QED) is 0.875. The van der Waals surface area contributed by atoms with Gasteiger partial charge in [-0.25, -0.2) is 4.39 Å². The van der Waals surface area contributed by atoms with Crippen LogP contribution in [0.5, 0.6) is 0 Å². The Labute approximate surface area is 121 Å². The van der Waals surface area contributed by atoms with Crippen LogP contribution in [0.4, 0.5) is 10.1 Å². The zero-order valence-electron chi connectivity index (χ0n) is 11.9. The number of rotatable bonds is 3. The summed E-state index contributed by atoms with van der Waals surface area (Å²) in [6.07, 6.45) is 1.13. The van der Waals surface area contributed by atoms with Gasteiger partial charge in [0, 0.05) is 19.3 Å². The molecule has 0 saturated carbocycles. The molecule has 0 bridgehead atoms. The van der Waals surface area contributed by atoms with E-state index in [-0.39, 0.29) is 17.3 Å². The van der Waals surface area contributed by atoms with E-state index in [9.17, 15) is 9.18 Å². The molecule has 2 N–H and O–H groups in total. The van der Waals surface area contributed by atoms with Crippen molar-refractivity contribution in [3.05, 3.63) is 29.6 Å². The second kappa shape index (κ2) is 7.52. The number of carbonyl (C=O) groups is 1. The molecule has 2 rings (SSSR count). The molecule has 0 unspecified atom stereocenters. The molecule has 7 heteroatoms. The summed E-state index contributed by atoms with van der Waals surface area (Å²) in [7, 11) is 1.48. The molecule has 1 saturated heterocycles. The van der Waals surface area contributed by atoms with Crippen LogP contribution in [0.25, 0.3) is 0 Å². The molecule has 1 aromatic carbocycles. The minimum atomic E-state index is -0.526. The Morgan fingerprint density at radius 1 is 1.43 bits per heavy atom. The third kappa shape index (κ3) is 4.66. The summed E-state index contributed by atoms with van der Waals surface area (Å²) < 4.78 is 19.1. The first kappa shape index (κ1) is 16.8. The minimum Gasteiger partial charge on any atom is -0.379 e. The van der Waals surface area contributed by atoms with Crippen LogP contribution in [0.3, 0.4) is 0 Å². The molecule has 21 heavy (non-hydrogen) atoms. The summed E-state index contributed by atoms with van der Waals surface area (Å²) >= 11 is 0. The number of hydrogen-bond donors (Lipinski definition) is 2. The van der Waals surface area contributed by atoms with Gasteiger partial charge in [0.05, 0.1) is 17.7 Å². The van der Waals surface area contributed by atoms with Crippen molar-refractivity contribution >= 4 is 17.7 Å². The fourth-order valence-electron chi connectivity index (χ4n) is 2.03. The first-order valence-corrected chi connectivity index (χ1v) is 6.32. The molecule has 0 aliphatic carbocycles. The lowest BCUT2D eigenvalue weighted by atomic mass is 10.0. The van der Waals surface area contributed by atoms with E-state index >= 15 is 0 Å². The Kier molecular flexibility index (Phi) is 6.02. The Hall–Kier alpha value is -2.24. The number of hydrogen-bond acceptors (Lipinski definition) is 5. The summed E-state index contributed by atoms with van der Waals surface area (Å²) in [5.74, 6) is -0.948. The van der Waals surface area contributed by atoms with Crippen molar-refractivity contribution in [2.75, 3.05) is 25.6 Å². The number of benzene rings is 1. The molecule has 114 valence electrons. The van der Waals surface area contributed by atoms with Crippen LogP contribution >= 0.6 is 0 Å². The SMILES string of the molecule is CNC(=O)c1ccc(N[C@]2(C)CCOC2)cc1F.O=C=O. The lowest BCUT2D eigenvalue weighted by Crippen LogP contribution is -2.35. The van der Waals surface area contributed by atoms with Crippen LogP contribution in [-0.2, 0) is 14.3 Å². The molecule has 1 aliphatic rings. The van der Waals surface area contributed by atoms with Crippen molar-refractivity contribution in [3.63, 3.8) is 0 Å². The van der Waals surface area contributed by atoms with E-state index in [1.165, 1.54) is 19.2 Å². The molecule has 1 fully saturated rings. The van der Waals surface area contributed by atoms with Crippen molar-refractivity contribution in [1.82, 2.24) is 5.32 Å². The fraction of sp³-hybridized carbons (Fsp3) is 0.429. The van der Waals surface area contributed by atoms with Gasteiger partial charge in [-0.05, 0) is 31.5 Å². The van der Waals surface area contributed by atoms with Gasteiger partial charge < -0.3 is 15.4 Å². The Bertz CT molecular complexity index is 536. The maximum Gasteiger partial charge on any atom is 0.373 e. The lowest BCUT2D eigenvalue weighted by Gasteiger charge is -2.25. The smallest absolute Gasteiger partial charge is 0.373 e. The Morgan fingerprint density at radius 2 is 2.10 bits per heavy atom. The van der Waals surface area contributed by atoms with Gasteiger partial charge in [-0.3, -0.25) is 4.79 Å². The maximum absolute atomic E-state index is 13.8. The van der Waals surface area contributed by atoms with Crippen LogP contribution in [0.1, 0.15) is 23.7 Å². The third-order valence-electron chi connectivity index (χ3n) is 3.11. The number of nitrogens with one attached hydrogen (secondary N) is 2. The van der Waals surface area contributed by atoms with Gasteiger partial charge in [-0.2, -0.15) is 9.59 Å². The topological polar surface area (TPSA) is 84.5 Å². The normalized spacial score (nSPS) is 20.0. The molecule has 1 amide bonds. The van der Waals surface area contributed by atoms with E-state index in [0.717, 1.165) is 6.42 Å². The van der Waals surface area contributed by atoms with E-state index in [0.29, 0.717) is 18.9 Å².